The molecule has 0 aliphatic heterocycles. The number of allylic oxidation sites excluding steroid dienone is 1. The van der Waals surface area contributed by atoms with E-state index in [1.54, 1.807) is 24.3 Å². The summed E-state index contributed by atoms with van der Waals surface area (Å²) in [5, 5.41) is 0. The van der Waals surface area contributed by atoms with Gasteiger partial charge in [-0.05, 0) is 52.2 Å². The molecule has 0 bridgehead atoms. The number of benzene rings is 3. The van der Waals surface area contributed by atoms with E-state index in [0.29, 0.717) is 30.3 Å². The SMILES string of the molecule is CCOc1cc(/C=C/C(=O)c2ccccc2)cc(Br)c1OCc1ccccc1. The standard InChI is InChI=1S/C24H21BrO3/c1-2-27-23-16-19(13-14-22(26)20-11-7-4-8-12-20)15-21(25)24(23)28-17-18-9-5-3-6-10-18/h3-16H,2,17H2,1H3/b14-13+. The monoisotopic (exact) mass is 436 g/mol. The fraction of sp³-hybridized carbons (Fsp3) is 0.125. The second-order valence-electron chi connectivity index (χ2n) is 6.10. The van der Waals surface area contributed by atoms with Crippen molar-refractivity contribution >= 4 is 27.8 Å². The summed E-state index contributed by atoms with van der Waals surface area (Å²) in [7, 11) is 0. The molecule has 3 aromatic carbocycles. The van der Waals surface area contributed by atoms with Gasteiger partial charge in [-0.1, -0.05) is 66.7 Å². The van der Waals surface area contributed by atoms with Crippen molar-refractivity contribution in [1.29, 1.82) is 0 Å². The maximum Gasteiger partial charge on any atom is 0.185 e. The minimum atomic E-state index is -0.0425. The third kappa shape index (κ3) is 5.33. The van der Waals surface area contributed by atoms with Crippen molar-refractivity contribution in [1.82, 2.24) is 0 Å². The maximum absolute atomic E-state index is 12.3. The lowest BCUT2D eigenvalue weighted by atomic mass is 10.1. The Labute approximate surface area is 173 Å². The highest BCUT2D eigenvalue weighted by molar-refractivity contribution is 9.10. The quantitative estimate of drug-likeness (QED) is 0.306. The van der Waals surface area contributed by atoms with Crippen LogP contribution in [0, 0.1) is 0 Å². The topological polar surface area (TPSA) is 35.5 Å². The van der Waals surface area contributed by atoms with E-state index in [-0.39, 0.29) is 5.78 Å². The molecule has 0 unspecified atom stereocenters. The van der Waals surface area contributed by atoms with Crippen LogP contribution in [0.3, 0.4) is 0 Å². The molecule has 0 heterocycles. The van der Waals surface area contributed by atoms with Crippen molar-refractivity contribution in [2.75, 3.05) is 6.61 Å². The second-order valence-corrected chi connectivity index (χ2v) is 6.96. The largest absolute Gasteiger partial charge is 0.490 e. The molecule has 0 radical (unpaired) electrons. The number of carbonyl (C=O) groups is 1. The Bertz CT molecular complexity index is 950. The van der Waals surface area contributed by atoms with Crippen LogP contribution in [-0.4, -0.2) is 12.4 Å². The van der Waals surface area contributed by atoms with Gasteiger partial charge in [0.2, 0.25) is 0 Å². The van der Waals surface area contributed by atoms with E-state index in [0.717, 1.165) is 15.6 Å². The van der Waals surface area contributed by atoms with Crippen molar-refractivity contribution in [2.45, 2.75) is 13.5 Å². The molecule has 0 N–H and O–H groups in total. The first-order valence-corrected chi connectivity index (χ1v) is 9.87. The van der Waals surface area contributed by atoms with Gasteiger partial charge in [-0.3, -0.25) is 4.79 Å². The Balaban J connectivity index is 1.80. The van der Waals surface area contributed by atoms with Gasteiger partial charge in [0.15, 0.2) is 17.3 Å². The van der Waals surface area contributed by atoms with Crippen LogP contribution < -0.4 is 9.47 Å². The van der Waals surface area contributed by atoms with Crippen LogP contribution in [0.5, 0.6) is 11.5 Å². The lowest BCUT2D eigenvalue weighted by molar-refractivity contribution is 0.104. The zero-order chi connectivity index (χ0) is 19.8. The molecule has 142 valence electrons. The minimum absolute atomic E-state index is 0.0425. The molecule has 0 saturated heterocycles. The molecule has 0 fully saturated rings. The summed E-state index contributed by atoms with van der Waals surface area (Å²) in [4.78, 5) is 12.3. The lowest BCUT2D eigenvalue weighted by Gasteiger charge is -2.15. The van der Waals surface area contributed by atoms with Crippen molar-refractivity contribution in [3.63, 3.8) is 0 Å². The van der Waals surface area contributed by atoms with Gasteiger partial charge in [0, 0.05) is 5.56 Å². The van der Waals surface area contributed by atoms with Gasteiger partial charge in [-0.15, -0.1) is 0 Å². The third-order valence-electron chi connectivity index (χ3n) is 4.04. The molecule has 0 amide bonds. The zero-order valence-corrected chi connectivity index (χ0v) is 17.2. The summed E-state index contributed by atoms with van der Waals surface area (Å²) >= 11 is 3.57. The van der Waals surface area contributed by atoms with E-state index in [4.69, 9.17) is 9.47 Å². The normalized spacial score (nSPS) is 10.8. The summed E-state index contributed by atoms with van der Waals surface area (Å²) in [6, 6.07) is 23.0. The smallest absolute Gasteiger partial charge is 0.185 e. The Hall–Kier alpha value is -2.85. The summed E-state index contributed by atoms with van der Waals surface area (Å²) in [6.45, 7) is 2.89. The van der Waals surface area contributed by atoms with Gasteiger partial charge in [0.1, 0.15) is 6.61 Å². The molecule has 3 rings (SSSR count). The molecule has 0 aromatic heterocycles. The van der Waals surface area contributed by atoms with E-state index in [1.807, 2.05) is 67.6 Å². The minimum Gasteiger partial charge on any atom is -0.490 e. The first kappa shape index (κ1) is 19.9. The number of carbonyl (C=O) groups excluding carboxylic acids is 1. The average Bonchev–Trinajstić information content (AvgIpc) is 2.73. The highest BCUT2D eigenvalue weighted by Crippen LogP contribution is 2.37. The molecule has 0 aliphatic carbocycles. The highest BCUT2D eigenvalue weighted by atomic mass is 79.9. The van der Waals surface area contributed by atoms with Crippen LogP contribution in [0.25, 0.3) is 6.08 Å². The molecular formula is C24H21BrO3. The molecule has 0 spiro atoms. The van der Waals surface area contributed by atoms with Crippen LogP contribution in [0.2, 0.25) is 0 Å². The summed E-state index contributed by atoms with van der Waals surface area (Å²) in [6.07, 6.45) is 3.35. The van der Waals surface area contributed by atoms with Crippen molar-refractivity contribution in [3.05, 3.63) is 100 Å². The Morgan fingerprint density at radius 1 is 0.964 bits per heavy atom. The molecule has 4 heteroatoms. The molecule has 3 aromatic rings. The van der Waals surface area contributed by atoms with Crippen molar-refractivity contribution < 1.29 is 14.3 Å². The predicted octanol–water partition coefficient (Wildman–Crippen LogP) is 6.32. The van der Waals surface area contributed by atoms with E-state index >= 15 is 0 Å². The molecule has 0 atom stereocenters. The number of hydrogen-bond donors (Lipinski definition) is 0. The van der Waals surface area contributed by atoms with Crippen LogP contribution in [-0.2, 0) is 6.61 Å². The summed E-state index contributed by atoms with van der Waals surface area (Å²) in [5.41, 5.74) is 2.59. The fourth-order valence-corrected chi connectivity index (χ4v) is 3.26. The first-order valence-electron chi connectivity index (χ1n) is 9.08. The van der Waals surface area contributed by atoms with Gasteiger partial charge in [0.05, 0.1) is 11.1 Å². The molecular weight excluding hydrogens is 416 g/mol. The lowest BCUT2D eigenvalue weighted by Crippen LogP contribution is -2.01. The molecule has 3 nitrogen and oxygen atoms in total. The van der Waals surface area contributed by atoms with Crippen LogP contribution in [0.1, 0.15) is 28.4 Å². The van der Waals surface area contributed by atoms with Crippen LogP contribution in [0.15, 0.2) is 83.3 Å². The van der Waals surface area contributed by atoms with Gasteiger partial charge < -0.3 is 9.47 Å². The number of ether oxygens (including phenoxy) is 2. The Morgan fingerprint density at radius 3 is 2.32 bits per heavy atom. The fourth-order valence-electron chi connectivity index (χ4n) is 2.69. The zero-order valence-electron chi connectivity index (χ0n) is 15.6. The van der Waals surface area contributed by atoms with Gasteiger partial charge >= 0.3 is 0 Å². The number of halogens is 1. The molecule has 0 aliphatic rings. The van der Waals surface area contributed by atoms with Gasteiger partial charge in [0.25, 0.3) is 0 Å². The van der Waals surface area contributed by atoms with Gasteiger partial charge in [-0.25, -0.2) is 0 Å². The van der Waals surface area contributed by atoms with Gasteiger partial charge in [-0.2, -0.15) is 0 Å². The highest BCUT2D eigenvalue weighted by Gasteiger charge is 2.12. The predicted molar refractivity (Wildman–Crippen MR) is 116 cm³/mol. The number of ketones is 1. The summed E-state index contributed by atoms with van der Waals surface area (Å²) < 4.78 is 12.5. The number of hydrogen-bond acceptors (Lipinski definition) is 3. The summed E-state index contributed by atoms with van der Waals surface area (Å²) in [5.74, 6) is 1.25. The molecule has 28 heavy (non-hydrogen) atoms. The number of rotatable bonds is 8. The van der Waals surface area contributed by atoms with E-state index in [1.165, 1.54) is 0 Å². The van der Waals surface area contributed by atoms with Crippen molar-refractivity contribution in [3.8, 4) is 11.5 Å². The first-order chi connectivity index (χ1) is 13.7. The second kappa shape index (κ2) is 9.90. The van der Waals surface area contributed by atoms with E-state index in [2.05, 4.69) is 15.9 Å². The maximum atomic E-state index is 12.3. The van der Waals surface area contributed by atoms with E-state index < -0.39 is 0 Å². The van der Waals surface area contributed by atoms with Crippen molar-refractivity contribution in [2.24, 2.45) is 0 Å². The molecule has 0 saturated carbocycles. The van der Waals surface area contributed by atoms with Crippen LogP contribution in [0.4, 0.5) is 0 Å². The Kier molecular flexibility index (Phi) is 7.04. The van der Waals surface area contributed by atoms with Crippen LogP contribution >= 0.6 is 15.9 Å². The Morgan fingerprint density at radius 2 is 1.64 bits per heavy atom. The van der Waals surface area contributed by atoms with E-state index in [9.17, 15) is 4.79 Å². The third-order valence-corrected chi connectivity index (χ3v) is 4.63. The average molecular weight is 437 g/mol.